The second-order valence-electron chi connectivity index (χ2n) is 8.61. The van der Waals surface area contributed by atoms with E-state index in [1.54, 1.807) is 53.2 Å². The number of imidazole rings is 1. The van der Waals surface area contributed by atoms with Crippen LogP contribution in [0.15, 0.2) is 71.9 Å². The van der Waals surface area contributed by atoms with Crippen LogP contribution < -0.4 is 10.9 Å². The highest BCUT2D eigenvalue weighted by Crippen LogP contribution is 2.34. The van der Waals surface area contributed by atoms with Crippen LogP contribution >= 0.6 is 11.6 Å². The van der Waals surface area contributed by atoms with Crippen LogP contribution in [0.5, 0.6) is 0 Å². The van der Waals surface area contributed by atoms with Gasteiger partial charge in [-0.15, -0.1) is 5.10 Å². The Morgan fingerprint density at radius 1 is 1.11 bits per heavy atom. The molecule has 12 heteroatoms. The largest absolute Gasteiger partial charge is 0.465 e. The fraction of sp³-hybridized carbons (Fsp3) is 0.120. The third-order valence-corrected chi connectivity index (χ3v) is 6.60. The molecule has 0 radical (unpaired) electrons. The fourth-order valence-corrected chi connectivity index (χ4v) is 4.91. The van der Waals surface area contributed by atoms with E-state index >= 15 is 0 Å². The lowest BCUT2D eigenvalue weighted by molar-refractivity contribution is 0.209. The number of anilines is 1. The highest BCUT2D eigenvalue weighted by atomic mass is 35.5. The molecule has 4 heterocycles. The maximum absolute atomic E-state index is 13.4. The van der Waals surface area contributed by atoms with Gasteiger partial charge in [0.15, 0.2) is 0 Å². The van der Waals surface area contributed by atoms with Gasteiger partial charge in [0.2, 0.25) is 0 Å². The molecule has 1 atom stereocenters. The summed E-state index contributed by atoms with van der Waals surface area (Å²) < 4.78 is 3.33. The third kappa shape index (κ3) is 4.25. The molecule has 0 saturated carbocycles. The highest BCUT2D eigenvalue weighted by Gasteiger charge is 2.27. The molecule has 0 bridgehead atoms. The summed E-state index contributed by atoms with van der Waals surface area (Å²) in [7, 11) is 0. The molecule has 1 amide bonds. The summed E-state index contributed by atoms with van der Waals surface area (Å²) in [5, 5.41) is 23.1. The molecule has 0 saturated heterocycles. The minimum atomic E-state index is -1.12. The Morgan fingerprint density at radius 3 is 2.70 bits per heavy atom. The molecule has 11 nitrogen and oxygen atoms in total. The number of carboxylic acid groups (broad SMARTS) is 1. The number of hydrogen-bond donors (Lipinski definition) is 3. The Labute approximate surface area is 214 Å². The van der Waals surface area contributed by atoms with Gasteiger partial charge in [0.25, 0.3) is 5.56 Å². The molecule has 1 aliphatic rings. The Kier molecular flexibility index (Phi) is 5.53. The average Bonchev–Trinajstić information content (AvgIpc) is 3.65. The van der Waals surface area contributed by atoms with E-state index in [9.17, 15) is 9.59 Å². The van der Waals surface area contributed by atoms with Gasteiger partial charge in [0.05, 0.1) is 23.6 Å². The number of fused-ring (bicyclic) bond motifs is 1. The standard InChI is InChI=1S/C25H19ClN8O3/c26-16-3-7-21(33-13-28-31-32-33)19(11-16)15-9-18-6-8-22(34(18)23(35)10-15)20-12-27-24(30-20)14-1-4-17(5-2-14)29-25(36)37/h1-5,7,9-13,22,29H,6,8H2,(H,27,30)(H,36,37)/t22-/m0/s1. The van der Waals surface area contributed by atoms with Crippen molar-refractivity contribution in [2.45, 2.75) is 18.9 Å². The van der Waals surface area contributed by atoms with Crippen LogP contribution in [-0.4, -0.2) is 45.9 Å². The van der Waals surface area contributed by atoms with Gasteiger partial charge in [0, 0.05) is 33.6 Å². The summed E-state index contributed by atoms with van der Waals surface area (Å²) >= 11 is 6.29. The molecular weight excluding hydrogens is 496 g/mol. The molecule has 0 fully saturated rings. The number of hydrogen-bond acceptors (Lipinski definition) is 6. The second-order valence-corrected chi connectivity index (χ2v) is 9.05. The summed E-state index contributed by atoms with van der Waals surface area (Å²) in [5.41, 5.74) is 5.11. The summed E-state index contributed by atoms with van der Waals surface area (Å²) in [6.45, 7) is 0. The number of H-pyrrole nitrogens is 1. The van der Waals surface area contributed by atoms with Crippen LogP contribution in [0, 0.1) is 0 Å². The van der Waals surface area contributed by atoms with Gasteiger partial charge in [-0.2, -0.15) is 4.68 Å². The summed E-state index contributed by atoms with van der Waals surface area (Å²) in [6, 6.07) is 15.7. The monoisotopic (exact) mass is 514 g/mol. The number of aromatic amines is 1. The zero-order valence-corrected chi connectivity index (χ0v) is 19.9. The highest BCUT2D eigenvalue weighted by molar-refractivity contribution is 6.31. The normalized spacial score (nSPS) is 14.5. The number of pyridine rings is 1. The van der Waals surface area contributed by atoms with Gasteiger partial charge in [0.1, 0.15) is 12.2 Å². The molecule has 0 aliphatic carbocycles. The maximum atomic E-state index is 13.4. The van der Waals surface area contributed by atoms with Crippen LogP contribution in [0.3, 0.4) is 0 Å². The van der Waals surface area contributed by atoms with Gasteiger partial charge in [-0.3, -0.25) is 10.1 Å². The molecule has 3 aromatic heterocycles. The Balaban J connectivity index is 1.32. The fourth-order valence-electron chi connectivity index (χ4n) is 4.74. The summed E-state index contributed by atoms with van der Waals surface area (Å²) in [6.07, 6.45) is 3.58. The second kappa shape index (κ2) is 9.03. The molecule has 0 spiro atoms. The zero-order valence-electron chi connectivity index (χ0n) is 19.2. The number of rotatable bonds is 5. The predicted octanol–water partition coefficient (Wildman–Crippen LogP) is 4.16. The van der Waals surface area contributed by atoms with E-state index < -0.39 is 6.09 Å². The van der Waals surface area contributed by atoms with Crippen LogP contribution in [0.25, 0.3) is 28.2 Å². The van der Waals surface area contributed by atoms with Crippen LogP contribution in [0.1, 0.15) is 23.9 Å². The number of carbonyl (C=O) groups is 1. The topological polar surface area (TPSA) is 144 Å². The number of aryl methyl sites for hydroxylation is 1. The first-order valence-corrected chi connectivity index (χ1v) is 11.8. The van der Waals surface area contributed by atoms with E-state index in [1.807, 2.05) is 12.1 Å². The number of nitrogens with one attached hydrogen (secondary N) is 2. The third-order valence-electron chi connectivity index (χ3n) is 6.36. The van der Waals surface area contributed by atoms with Crippen molar-refractivity contribution >= 4 is 23.4 Å². The Hall–Kier alpha value is -4.77. The lowest BCUT2D eigenvalue weighted by Crippen LogP contribution is -2.23. The zero-order chi connectivity index (χ0) is 25.5. The van der Waals surface area contributed by atoms with E-state index in [4.69, 9.17) is 16.7 Å². The van der Waals surface area contributed by atoms with Gasteiger partial charge in [-0.25, -0.2) is 9.78 Å². The van der Waals surface area contributed by atoms with Crippen molar-refractivity contribution in [2.75, 3.05) is 5.32 Å². The molecule has 1 aliphatic heterocycles. The summed E-state index contributed by atoms with van der Waals surface area (Å²) in [4.78, 5) is 32.0. The van der Waals surface area contributed by atoms with E-state index in [-0.39, 0.29) is 11.6 Å². The van der Waals surface area contributed by atoms with E-state index in [1.165, 1.54) is 11.0 Å². The molecular formula is C25H19ClN8O3. The van der Waals surface area contributed by atoms with Crippen LogP contribution in [0.2, 0.25) is 5.02 Å². The Bertz CT molecular complexity index is 1680. The smallest absolute Gasteiger partial charge is 0.409 e. The molecule has 2 aromatic carbocycles. The summed E-state index contributed by atoms with van der Waals surface area (Å²) in [5.74, 6) is 0.639. The van der Waals surface area contributed by atoms with Crippen molar-refractivity contribution in [2.24, 2.45) is 0 Å². The minimum absolute atomic E-state index is 0.127. The lowest BCUT2D eigenvalue weighted by atomic mass is 10.0. The number of aromatic nitrogens is 7. The maximum Gasteiger partial charge on any atom is 0.409 e. The quantitative estimate of drug-likeness (QED) is 0.319. The first kappa shape index (κ1) is 22.7. The number of halogens is 1. The molecule has 5 aromatic rings. The minimum Gasteiger partial charge on any atom is -0.465 e. The lowest BCUT2D eigenvalue weighted by Gasteiger charge is -2.15. The van der Waals surface area contributed by atoms with Crippen molar-refractivity contribution < 1.29 is 9.90 Å². The molecule has 37 heavy (non-hydrogen) atoms. The SMILES string of the molecule is O=C(O)Nc1ccc(-c2ncc([C@@H]3CCc4cc(-c5cc(Cl)ccc5-n5cnnn5)cc(=O)n43)[nH]2)cc1. The molecule has 3 N–H and O–H groups in total. The number of benzene rings is 2. The number of tetrazole rings is 1. The number of nitrogens with zero attached hydrogens (tertiary/aromatic N) is 6. The van der Waals surface area contributed by atoms with Gasteiger partial charge >= 0.3 is 6.09 Å². The van der Waals surface area contributed by atoms with Crippen molar-refractivity contribution in [3.63, 3.8) is 0 Å². The first-order valence-electron chi connectivity index (χ1n) is 11.4. The van der Waals surface area contributed by atoms with Crippen molar-refractivity contribution in [1.29, 1.82) is 0 Å². The predicted molar refractivity (Wildman–Crippen MR) is 136 cm³/mol. The van der Waals surface area contributed by atoms with Gasteiger partial charge in [-0.05, 0) is 77.4 Å². The van der Waals surface area contributed by atoms with Gasteiger partial charge < -0.3 is 14.7 Å². The van der Waals surface area contributed by atoms with E-state index in [2.05, 4.69) is 30.8 Å². The van der Waals surface area contributed by atoms with Crippen molar-refractivity contribution in [1.82, 2.24) is 34.7 Å². The van der Waals surface area contributed by atoms with Gasteiger partial charge in [-0.1, -0.05) is 11.6 Å². The molecule has 6 rings (SSSR count). The Morgan fingerprint density at radius 2 is 1.95 bits per heavy atom. The first-order chi connectivity index (χ1) is 18.0. The van der Waals surface area contributed by atoms with Crippen molar-refractivity contribution in [3.8, 4) is 28.2 Å². The molecule has 184 valence electrons. The van der Waals surface area contributed by atoms with E-state index in [0.717, 1.165) is 46.6 Å². The van der Waals surface area contributed by atoms with Crippen molar-refractivity contribution in [3.05, 3.63) is 93.9 Å². The molecule has 0 unspecified atom stereocenters. The average molecular weight is 515 g/mol. The van der Waals surface area contributed by atoms with Crippen LogP contribution in [-0.2, 0) is 6.42 Å². The number of amides is 1. The van der Waals surface area contributed by atoms with E-state index in [0.29, 0.717) is 16.5 Å². The van der Waals surface area contributed by atoms with Crippen LogP contribution in [0.4, 0.5) is 10.5 Å².